The van der Waals surface area contributed by atoms with E-state index in [4.69, 9.17) is 0 Å². The van der Waals surface area contributed by atoms with Crippen LogP contribution in [-0.2, 0) is 19.6 Å². The molecule has 2 N–H and O–H groups in total. The highest BCUT2D eigenvalue weighted by atomic mass is 16.2. The van der Waals surface area contributed by atoms with Crippen LogP contribution in [0.5, 0.6) is 0 Å². The largest absolute Gasteiger partial charge is 0.345 e. The molecule has 1 aromatic carbocycles. The number of aryl methyl sites for hydroxylation is 2. The molecule has 1 aliphatic rings. The molecule has 0 aliphatic carbocycles. The number of amides is 1. The Hall–Kier alpha value is -2.74. The highest BCUT2D eigenvalue weighted by molar-refractivity contribution is 5.92. The number of carbonyl (C=O) groups is 1. The molecule has 3 aromatic rings. The van der Waals surface area contributed by atoms with Gasteiger partial charge in [0.15, 0.2) is 5.69 Å². The van der Waals surface area contributed by atoms with Crippen LogP contribution in [0.3, 0.4) is 0 Å². The van der Waals surface area contributed by atoms with Gasteiger partial charge in [-0.1, -0.05) is 29.8 Å². The Labute approximate surface area is 164 Å². The number of hydrogen-bond acceptors (Lipinski definition) is 5. The van der Waals surface area contributed by atoms with Gasteiger partial charge < -0.3 is 10.6 Å². The van der Waals surface area contributed by atoms with E-state index in [1.165, 1.54) is 19.3 Å². The maximum absolute atomic E-state index is 12.5. The summed E-state index contributed by atoms with van der Waals surface area (Å²) in [5, 5.41) is 20.3. The van der Waals surface area contributed by atoms with Gasteiger partial charge in [0.2, 0.25) is 0 Å². The molecule has 8 heteroatoms. The summed E-state index contributed by atoms with van der Waals surface area (Å²) in [4.78, 5) is 12.5. The molecule has 1 aliphatic heterocycles. The van der Waals surface area contributed by atoms with Gasteiger partial charge in [-0.15, -0.1) is 5.10 Å². The zero-order valence-electron chi connectivity index (χ0n) is 16.3. The van der Waals surface area contributed by atoms with Gasteiger partial charge in [0.1, 0.15) is 0 Å². The molecule has 0 saturated carbocycles. The summed E-state index contributed by atoms with van der Waals surface area (Å²) >= 11 is 0. The van der Waals surface area contributed by atoms with E-state index in [1.54, 1.807) is 10.9 Å². The summed E-state index contributed by atoms with van der Waals surface area (Å²) in [7, 11) is 0. The lowest BCUT2D eigenvalue weighted by atomic mass is 10.0. The maximum atomic E-state index is 12.5. The Morgan fingerprint density at radius 2 is 2.21 bits per heavy atom. The van der Waals surface area contributed by atoms with Crippen molar-refractivity contribution in [2.75, 3.05) is 6.54 Å². The van der Waals surface area contributed by atoms with Crippen LogP contribution in [0.15, 0.2) is 30.5 Å². The van der Waals surface area contributed by atoms with Crippen molar-refractivity contribution in [1.82, 2.24) is 35.4 Å². The van der Waals surface area contributed by atoms with E-state index in [1.807, 2.05) is 28.9 Å². The lowest BCUT2D eigenvalue weighted by Gasteiger charge is -2.23. The molecule has 0 unspecified atom stereocenters. The molecule has 3 heterocycles. The summed E-state index contributed by atoms with van der Waals surface area (Å²) in [6, 6.07) is 8.61. The fraction of sp³-hybridized carbons (Fsp3) is 0.500. The summed E-state index contributed by atoms with van der Waals surface area (Å²) < 4.78 is 3.71. The molecule has 1 atom stereocenters. The highest BCUT2D eigenvalue weighted by Crippen LogP contribution is 2.18. The molecule has 2 aromatic heterocycles. The minimum atomic E-state index is -0.225. The number of benzene rings is 1. The average molecular weight is 381 g/mol. The van der Waals surface area contributed by atoms with Crippen LogP contribution in [0.1, 0.15) is 48.8 Å². The molecule has 4 rings (SSSR count). The summed E-state index contributed by atoms with van der Waals surface area (Å²) in [6.45, 7) is 5.08. The first-order valence-electron chi connectivity index (χ1n) is 10.1. The van der Waals surface area contributed by atoms with Crippen LogP contribution in [0.25, 0.3) is 10.9 Å². The third-order valence-electron chi connectivity index (χ3n) is 5.34. The van der Waals surface area contributed by atoms with Crippen molar-refractivity contribution >= 4 is 16.8 Å². The van der Waals surface area contributed by atoms with Crippen molar-refractivity contribution in [1.29, 1.82) is 0 Å². The third-order valence-corrected chi connectivity index (χ3v) is 5.34. The fourth-order valence-corrected chi connectivity index (χ4v) is 3.79. The average Bonchev–Trinajstić information content (AvgIpc) is 3.36. The van der Waals surface area contributed by atoms with E-state index < -0.39 is 0 Å². The zero-order valence-corrected chi connectivity index (χ0v) is 16.3. The van der Waals surface area contributed by atoms with Crippen molar-refractivity contribution in [2.24, 2.45) is 0 Å². The highest BCUT2D eigenvalue weighted by Gasteiger charge is 2.15. The SMILES string of the molecule is CCn1nc(CNC(=O)c2cn(CC[C@@H]3CCCCN3)nn2)c2ccccc21. The van der Waals surface area contributed by atoms with E-state index in [2.05, 4.69) is 33.0 Å². The number of aromatic nitrogens is 5. The second-order valence-corrected chi connectivity index (χ2v) is 7.26. The van der Waals surface area contributed by atoms with Crippen molar-refractivity contribution in [3.05, 3.63) is 41.9 Å². The van der Waals surface area contributed by atoms with E-state index >= 15 is 0 Å². The van der Waals surface area contributed by atoms with Crippen molar-refractivity contribution < 1.29 is 4.79 Å². The Bertz CT molecular complexity index is 939. The molecular formula is C20H27N7O. The van der Waals surface area contributed by atoms with Crippen LogP contribution < -0.4 is 10.6 Å². The Morgan fingerprint density at radius 1 is 1.32 bits per heavy atom. The van der Waals surface area contributed by atoms with Crippen LogP contribution >= 0.6 is 0 Å². The van der Waals surface area contributed by atoms with Crippen molar-refractivity contribution in [3.8, 4) is 0 Å². The number of hydrogen-bond donors (Lipinski definition) is 2. The number of nitrogens with zero attached hydrogens (tertiary/aromatic N) is 5. The molecule has 1 saturated heterocycles. The van der Waals surface area contributed by atoms with Gasteiger partial charge in [-0.05, 0) is 38.8 Å². The Kier molecular flexibility index (Phi) is 5.66. The number of rotatable bonds is 7. The molecule has 1 fully saturated rings. The molecular weight excluding hydrogens is 354 g/mol. The molecule has 148 valence electrons. The van der Waals surface area contributed by atoms with Crippen molar-refractivity contribution in [3.63, 3.8) is 0 Å². The van der Waals surface area contributed by atoms with Crippen LogP contribution in [0.4, 0.5) is 0 Å². The lowest BCUT2D eigenvalue weighted by molar-refractivity contribution is 0.0945. The van der Waals surface area contributed by atoms with E-state index in [0.29, 0.717) is 18.3 Å². The molecule has 8 nitrogen and oxygen atoms in total. The standard InChI is InChI=1S/C20H27N7O/c1-2-27-19-9-4-3-8-16(19)17(24-27)13-22-20(28)18-14-26(25-23-18)12-10-15-7-5-6-11-21-15/h3-4,8-9,14-15,21H,2,5-7,10-13H2,1H3,(H,22,28)/t15-/m0/s1. The van der Waals surface area contributed by atoms with Gasteiger partial charge in [-0.3, -0.25) is 14.2 Å². The van der Waals surface area contributed by atoms with Gasteiger partial charge in [0, 0.05) is 24.5 Å². The molecule has 28 heavy (non-hydrogen) atoms. The summed E-state index contributed by atoms with van der Waals surface area (Å²) in [5.41, 5.74) is 2.29. The smallest absolute Gasteiger partial charge is 0.273 e. The van der Waals surface area contributed by atoms with E-state index in [-0.39, 0.29) is 5.91 Å². The van der Waals surface area contributed by atoms with Gasteiger partial charge in [0.05, 0.1) is 24.0 Å². The number of carbonyl (C=O) groups excluding carboxylic acids is 1. The lowest BCUT2D eigenvalue weighted by Crippen LogP contribution is -2.34. The number of fused-ring (bicyclic) bond motifs is 1. The first kappa shape index (κ1) is 18.6. The van der Waals surface area contributed by atoms with Gasteiger partial charge >= 0.3 is 0 Å². The number of para-hydroxylation sites is 1. The second kappa shape index (κ2) is 8.52. The summed E-state index contributed by atoms with van der Waals surface area (Å²) in [5.74, 6) is -0.225. The van der Waals surface area contributed by atoms with E-state index in [0.717, 1.165) is 42.7 Å². The molecule has 0 bridgehead atoms. The normalized spacial score (nSPS) is 17.1. The zero-order chi connectivity index (χ0) is 19.3. The Balaban J connectivity index is 1.35. The first-order valence-corrected chi connectivity index (χ1v) is 10.1. The Morgan fingerprint density at radius 3 is 3.04 bits per heavy atom. The summed E-state index contributed by atoms with van der Waals surface area (Å²) in [6.07, 6.45) is 6.48. The predicted molar refractivity (Wildman–Crippen MR) is 107 cm³/mol. The second-order valence-electron chi connectivity index (χ2n) is 7.26. The molecule has 1 amide bonds. The topological polar surface area (TPSA) is 89.7 Å². The molecule has 0 spiro atoms. The van der Waals surface area contributed by atoms with Crippen LogP contribution in [-0.4, -0.2) is 43.3 Å². The first-order chi connectivity index (χ1) is 13.7. The monoisotopic (exact) mass is 381 g/mol. The third kappa shape index (κ3) is 4.06. The van der Waals surface area contributed by atoms with Crippen LogP contribution in [0, 0.1) is 0 Å². The maximum Gasteiger partial charge on any atom is 0.273 e. The number of nitrogens with one attached hydrogen (secondary N) is 2. The fourth-order valence-electron chi connectivity index (χ4n) is 3.79. The van der Waals surface area contributed by atoms with Crippen molar-refractivity contribution in [2.45, 2.75) is 58.3 Å². The molecule has 0 radical (unpaired) electrons. The van der Waals surface area contributed by atoms with E-state index in [9.17, 15) is 4.79 Å². The van der Waals surface area contributed by atoms with Gasteiger partial charge in [-0.25, -0.2) is 0 Å². The quantitative estimate of drug-likeness (QED) is 0.654. The van der Waals surface area contributed by atoms with Gasteiger partial charge in [-0.2, -0.15) is 5.10 Å². The minimum Gasteiger partial charge on any atom is -0.345 e. The number of piperidine rings is 1. The predicted octanol–water partition coefficient (Wildman–Crippen LogP) is 2.11. The van der Waals surface area contributed by atoms with Gasteiger partial charge in [0.25, 0.3) is 5.91 Å². The van der Waals surface area contributed by atoms with Crippen LogP contribution in [0.2, 0.25) is 0 Å². The minimum absolute atomic E-state index is 0.225.